The number of rotatable bonds is 3. The number of nitrogens with zero attached hydrogens (tertiary/aromatic N) is 4. The van der Waals surface area contributed by atoms with Gasteiger partial charge in [-0.3, -0.25) is 0 Å². The largest absolute Gasteiger partial charge is 0.384 e. The highest BCUT2D eigenvalue weighted by Crippen LogP contribution is 2.22. The number of hydrogen-bond acceptors (Lipinski definition) is 6. The van der Waals surface area contributed by atoms with Crippen molar-refractivity contribution in [2.45, 2.75) is 6.54 Å². The SMILES string of the molecule is Nc1ccnc(CNc2ncnc3cc(Cl)ccc23)n1. The molecule has 0 saturated heterocycles. The normalized spacial score (nSPS) is 10.7. The van der Waals surface area contributed by atoms with Gasteiger partial charge in [-0.2, -0.15) is 0 Å². The molecule has 3 aromatic rings. The summed E-state index contributed by atoms with van der Waals surface area (Å²) in [5, 5.41) is 4.71. The van der Waals surface area contributed by atoms with Gasteiger partial charge in [-0.1, -0.05) is 11.6 Å². The maximum absolute atomic E-state index is 5.95. The molecule has 0 aliphatic heterocycles. The number of aromatic nitrogens is 4. The van der Waals surface area contributed by atoms with Crippen LogP contribution in [0.25, 0.3) is 10.9 Å². The summed E-state index contributed by atoms with van der Waals surface area (Å²) in [5.41, 5.74) is 6.40. The molecule has 7 heteroatoms. The van der Waals surface area contributed by atoms with Crippen LogP contribution in [-0.2, 0) is 6.54 Å². The quantitative estimate of drug-likeness (QED) is 0.768. The van der Waals surface area contributed by atoms with E-state index in [1.165, 1.54) is 6.33 Å². The molecule has 0 fully saturated rings. The summed E-state index contributed by atoms with van der Waals surface area (Å²) < 4.78 is 0. The first kappa shape index (κ1) is 12.6. The third-order valence-corrected chi connectivity index (χ3v) is 2.97. The minimum absolute atomic E-state index is 0.430. The Bertz CT molecular complexity index is 761. The van der Waals surface area contributed by atoms with Crippen molar-refractivity contribution in [1.82, 2.24) is 19.9 Å². The lowest BCUT2D eigenvalue weighted by atomic mass is 10.2. The fraction of sp³-hybridized carbons (Fsp3) is 0.0769. The van der Waals surface area contributed by atoms with E-state index in [0.717, 1.165) is 10.9 Å². The second-order valence-electron chi connectivity index (χ2n) is 4.14. The molecule has 2 heterocycles. The zero-order valence-corrected chi connectivity index (χ0v) is 11.2. The van der Waals surface area contributed by atoms with Gasteiger partial charge in [-0.25, -0.2) is 19.9 Å². The lowest BCUT2D eigenvalue weighted by Crippen LogP contribution is -2.07. The summed E-state index contributed by atoms with van der Waals surface area (Å²) in [7, 11) is 0. The molecule has 6 nitrogen and oxygen atoms in total. The molecule has 0 bridgehead atoms. The van der Waals surface area contributed by atoms with Crippen LogP contribution in [0.5, 0.6) is 0 Å². The molecular weight excluding hydrogens is 276 g/mol. The van der Waals surface area contributed by atoms with E-state index in [1.807, 2.05) is 6.07 Å². The van der Waals surface area contributed by atoms with Crippen LogP contribution in [0.2, 0.25) is 5.02 Å². The lowest BCUT2D eigenvalue weighted by Gasteiger charge is -2.07. The van der Waals surface area contributed by atoms with Crippen LogP contribution in [0.4, 0.5) is 11.6 Å². The summed E-state index contributed by atoms with van der Waals surface area (Å²) in [6.07, 6.45) is 3.11. The van der Waals surface area contributed by atoms with Crippen LogP contribution >= 0.6 is 11.6 Å². The van der Waals surface area contributed by atoms with Gasteiger partial charge >= 0.3 is 0 Å². The van der Waals surface area contributed by atoms with Crippen LogP contribution in [0.15, 0.2) is 36.8 Å². The van der Waals surface area contributed by atoms with Crippen LogP contribution in [0, 0.1) is 0 Å². The van der Waals surface area contributed by atoms with E-state index in [4.69, 9.17) is 17.3 Å². The van der Waals surface area contributed by atoms with Crippen molar-refractivity contribution in [3.8, 4) is 0 Å². The minimum atomic E-state index is 0.430. The van der Waals surface area contributed by atoms with Crippen LogP contribution in [-0.4, -0.2) is 19.9 Å². The van der Waals surface area contributed by atoms with Crippen LogP contribution in [0.3, 0.4) is 0 Å². The highest BCUT2D eigenvalue weighted by Gasteiger charge is 2.05. The Labute approximate surface area is 120 Å². The highest BCUT2D eigenvalue weighted by atomic mass is 35.5. The van der Waals surface area contributed by atoms with Gasteiger partial charge in [0.1, 0.15) is 23.8 Å². The molecule has 0 unspecified atom stereocenters. The number of fused-ring (bicyclic) bond motifs is 1. The predicted octanol–water partition coefficient (Wildman–Crippen LogP) is 2.27. The van der Waals surface area contributed by atoms with Crippen LogP contribution < -0.4 is 11.1 Å². The molecule has 0 atom stereocenters. The Balaban J connectivity index is 1.87. The molecule has 2 aromatic heterocycles. The van der Waals surface area contributed by atoms with Crippen molar-refractivity contribution >= 4 is 34.1 Å². The van der Waals surface area contributed by atoms with Crippen molar-refractivity contribution in [2.75, 3.05) is 11.1 Å². The smallest absolute Gasteiger partial charge is 0.149 e. The molecule has 3 N–H and O–H groups in total. The van der Waals surface area contributed by atoms with Crippen molar-refractivity contribution in [2.24, 2.45) is 0 Å². The van der Waals surface area contributed by atoms with Crippen molar-refractivity contribution in [1.29, 1.82) is 0 Å². The fourth-order valence-electron chi connectivity index (χ4n) is 1.83. The summed E-state index contributed by atoms with van der Waals surface area (Å²) in [6.45, 7) is 0.430. The van der Waals surface area contributed by atoms with E-state index in [1.54, 1.807) is 24.4 Å². The minimum Gasteiger partial charge on any atom is -0.384 e. The first-order valence-corrected chi connectivity index (χ1v) is 6.32. The van der Waals surface area contributed by atoms with E-state index in [2.05, 4.69) is 25.3 Å². The monoisotopic (exact) mass is 286 g/mol. The van der Waals surface area contributed by atoms with Crippen molar-refractivity contribution < 1.29 is 0 Å². The van der Waals surface area contributed by atoms with Gasteiger partial charge < -0.3 is 11.1 Å². The third-order valence-electron chi connectivity index (χ3n) is 2.74. The standard InChI is InChI=1S/C13H11ClN6/c14-8-1-2-9-10(5-8)18-7-19-13(9)17-6-12-16-4-3-11(15)20-12/h1-5,7H,6H2,(H2,15,16,20)(H,17,18,19). The Morgan fingerprint density at radius 3 is 2.90 bits per heavy atom. The molecule has 0 radical (unpaired) electrons. The molecule has 100 valence electrons. The molecule has 1 aromatic carbocycles. The van der Waals surface area contributed by atoms with Crippen molar-refractivity contribution in [3.63, 3.8) is 0 Å². The molecule has 0 saturated carbocycles. The Hall–Kier alpha value is -2.47. The summed E-state index contributed by atoms with van der Waals surface area (Å²) in [6, 6.07) is 7.11. The molecule has 0 spiro atoms. The van der Waals surface area contributed by atoms with E-state index in [9.17, 15) is 0 Å². The fourth-order valence-corrected chi connectivity index (χ4v) is 2.00. The summed E-state index contributed by atoms with van der Waals surface area (Å²) in [4.78, 5) is 16.7. The van der Waals surface area contributed by atoms with Crippen LogP contribution in [0.1, 0.15) is 5.82 Å². The third kappa shape index (κ3) is 2.60. The van der Waals surface area contributed by atoms with E-state index < -0.39 is 0 Å². The average Bonchev–Trinajstić information content (AvgIpc) is 2.44. The second kappa shape index (κ2) is 5.26. The van der Waals surface area contributed by atoms with Gasteiger partial charge in [0.25, 0.3) is 0 Å². The van der Waals surface area contributed by atoms with Gasteiger partial charge in [0, 0.05) is 16.6 Å². The predicted molar refractivity (Wildman–Crippen MR) is 78.3 cm³/mol. The molecule has 0 aliphatic carbocycles. The number of anilines is 2. The Morgan fingerprint density at radius 2 is 2.05 bits per heavy atom. The first-order chi connectivity index (χ1) is 9.72. The average molecular weight is 287 g/mol. The van der Waals surface area contributed by atoms with Gasteiger partial charge in [-0.05, 0) is 24.3 Å². The van der Waals surface area contributed by atoms with Crippen molar-refractivity contribution in [3.05, 3.63) is 47.6 Å². The zero-order chi connectivity index (χ0) is 13.9. The highest BCUT2D eigenvalue weighted by molar-refractivity contribution is 6.31. The molecule has 20 heavy (non-hydrogen) atoms. The van der Waals surface area contributed by atoms with E-state index >= 15 is 0 Å². The number of nitrogens with one attached hydrogen (secondary N) is 1. The van der Waals surface area contributed by atoms with Gasteiger partial charge in [0.05, 0.1) is 12.1 Å². The lowest BCUT2D eigenvalue weighted by molar-refractivity contribution is 0.947. The Morgan fingerprint density at radius 1 is 1.15 bits per heavy atom. The maximum atomic E-state index is 5.95. The van der Waals surface area contributed by atoms with E-state index in [0.29, 0.717) is 29.0 Å². The summed E-state index contributed by atoms with van der Waals surface area (Å²) >= 11 is 5.95. The van der Waals surface area contributed by atoms with Gasteiger partial charge in [-0.15, -0.1) is 0 Å². The molecular formula is C13H11ClN6. The first-order valence-electron chi connectivity index (χ1n) is 5.94. The van der Waals surface area contributed by atoms with Gasteiger partial charge in [0.2, 0.25) is 0 Å². The maximum Gasteiger partial charge on any atom is 0.149 e. The van der Waals surface area contributed by atoms with E-state index in [-0.39, 0.29) is 0 Å². The molecule has 3 rings (SSSR count). The number of nitrogen functional groups attached to an aromatic ring is 1. The topological polar surface area (TPSA) is 89.6 Å². The Kier molecular flexibility index (Phi) is 3.30. The number of hydrogen-bond donors (Lipinski definition) is 2. The summed E-state index contributed by atoms with van der Waals surface area (Å²) in [5.74, 6) is 1.75. The zero-order valence-electron chi connectivity index (χ0n) is 10.4. The second-order valence-corrected chi connectivity index (χ2v) is 4.57. The van der Waals surface area contributed by atoms with Gasteiger partial charge in [0.15, 0.2) is 0 Å². The number of benzene rings is 1. The number of nitrogens with two attached hydrogens (primary N) is 1. The molecule has 0 amide bonds. The molecule has 0 aliphatic rings. The number of halogens is 1.